The summed E-state index contributed by atoms with van der Waals surface area (Å²) in [5, 5.41) is 3.18. The van der Waals surface area contributed by atoms with Crippen molar-refractivity contribution in [2.24, 2.45) is 0 Å². The van der Waals surface area contributed by atoms with Crippen molar-refractivity contribution in [3.05, 3.63) is 118 Å². The van der Waals surface area contributed by atoms with E-state index in [2.05, 4.69) is 202 Å². The van der Waals surface area contributed by atoms with Gasteiger partial charge >= 0.3 is 367 Å². The number of halogens is 4. The molecule has 8 heteroatoms. The van der Waals surface area contributed by atoms with Crippen molar-refractivity contribution in [1.82, 2.24) is 0 Å². The van der Waals surface area contributed by atoms with E-state index in [0.29, 0.717) is 0 Å². The molecule has 4 aromatic rings. The number of rotatable bonds is 15. The van der Waals surface area contributed by atoms with E-state index in [-0.39, 0.29) is 7.25 Å². The molecule has 0 nitrogen and oxygen atoms in total. The predicted octanol–water partition coefficient (Wildman–Crippen LogP) is 16.0. The molecule has 0 heterocycles. The molecular weight excluding hydrogens is 1080 g/mol. The van der Waals surface area contributed by atoms with Gasteiger partial charge in [0.15, 0.2) is 0 Å². The minimum absolute atomic E-state index is 0.0356. The van der Waals surface area contributed by atoms with Crippen LogP contribution in [0.4, 0.5) is 0 Å². The third-order valence-corrected chi connectivity index (χ3v) is 147. The number of allylic oxidation sites excluding steroid dienone is 2. The van der Waals surface area contributed by atoms with Gasteiger partial charge in [0.1, 0.15) is 0 Å². The number of hydrogen-bond acceptors (Lipinski definition) is 0. The van der Waals surface area contributed by atoms with Gasteiger partial charge in [-0.3, -0.25) is 0 Å². The molecule has 0 amide bonds. The van der Waals surface area contributed by atoms with E-state index in [9.17, 15) is 17.0 Å². The van der Waals surface area contributed by atoms with Crippen molar-refractivity contribution < 1.29 is 4.21 Å². The third-order valence-electron chi connectivity index (χ3n) is 15.9. The molecule has 0 radical (unpaired) electrons. The SMILES string of the molecule is CCC1=Cc2c(-c3ccc([PH](CC)(CC)CC)cc3)cccc2[CH]1[Zr]([Cl])([Cl])([I])([I])([CH]1C(CC)=Cc2c(-c3ccc([PH](CC)(CC)CC)cc3)cccc21)[SiH](C)C. The summed E-state index contributed by atoms with van der Waals surface area (Å²) >= 11 is 5.69. The zero-order valence-electron chi connectivity index (χ0n) is 35.6. The average molecular weight is 1150 g/mol. The van der Waals surface area contributed by atoms with Crippen LogP contribution in [-0.2, 0) is 4.21 Å². The molecule has 2 unspecified atom stereocenters. The molecule has 0 saturated heterocycles. The second kappa shape index (κ2) is 15.6. The Bertz CT molecular complexity index is 2050. The summed E-state index contributed by atoms with van der Waals surface area (Å²) in [6, 6.07) is 33.4. The van der Waals surface area contributed by atoms with Crippen molar-refractivity contribution >= 4 is 96.3 Å². The molecule has 56 heavy (non-hydrogen) atoms. The second-order valence-electron chi connectivity index (χ2n) is 17.9. The summed E-state index contributed by atoms with van der Waals surface area (Å²) in [6.07, 6.45) is 14.6. The first-order valence-corrected chi connectivity index (χ1v) is 57.9. The molecule has 0 fully saturated rings. The first-order chi connectivity index (χ1) is 26.4. The molecule has 2 atom stereocenters. The zero-order chi connectivity index (χ0) is 41.0. The molecule has 0 N–H and O–H groups in total. The van der Waals surface area contributed by atoms with Crippen LogP contribution in [0.1, 0.15) is 97.7 Å². The van der Waals surface area contributed by atoms with E-state index in [0.717, 1.165) is 12.8 Å². The van der Waals surface area contributed by atoms with Gasteiger partial charge in [-0.15, -0.1) is 0 Å². The maximum atomic E-state index is 9.21. The Morgan fingerprint density at radius 1 is 0.518 bits per heavy atom. The van der Waals surface area contributed by atoms with Crippen molar-refractivity contribution in [2.75, 3.05) is 37.0 Å². The van der Waals surface area contributed by atoms with E-state index < -0.39 is 24.7 Å². The summed E-state index contributed by atoms with van der Waals surface area (Å²) in [5.41, 5.74) is 13.3. The molecule has 0 saturated carbocycles. The van der Waals surface area contributed by atoms with E-state index in [1.165, 1.54) is 92.6 Å². The first kappa shape index (κ1) is 45.9. The summed E-state index contributed by atoms with van der Waals surface area (Å²) < 4.78 is -6.22. The molecule has 305 valence electrons. The van der Waals surface area contributed by atoms with Gasteiger partial charge in [0.2, 0.25) is 0 Å². The Labute approximate surface area is 362 Å². The maximum absolute atomic E-state index is 9.21. The second-order valence-corrected chi connectivity index (χ2v) is 166. The molecule has 0 spiro atoms. The molecule has 6 rings (SSSR count). The van der Waals surface area contributed by atoms with Gasteiger partial charge in [-0.25, -0.2) is 0 Å². The topological polar surface area (TPSA) is 0 Å². The van der Waals surface area contributed by atoms with Crippen LogP contribution >= 0.6 is 67.6 Å². The van der Waals surface area contributed by atoms with Gasteiger partial charge in [-0.1, -0.05) is 0 Å². The molecule has 2 aliphatic carbocycles. The molecule has 4 aromatic carbocycles. The van der Waals surface area contributed by atoms with Crippen LogP contribution in [0.5, 0.6) is 0 Å². The summed E-state index contributed by atoms with van der Waals surface area (Å²) in [4.78, 5) is 0. The van der Waals surface area contributed by atoms with Gasteiger partial charge in [0.05, 0.1) is 0 Å². The minimum atomic E-state index is -6.15. The van der Waals surface area contributed by atoms with Crippen LogP contribution in [0.15, 0.2) is 96.1 Å². The van der Waals surface area contributed by atoms with Gasteiger partial charge in [0.25, 0.3) is 0 Å². The van der Waals surface area contributed by atoms with Gasteiger partial charge in [-0.2, -0.15) is 0 Å². The fourth-order valence-electron chi connectivity index (χ4n) is 11.4. The van der Waals surface area contributed by atoms with E-state index in [1.807, 2.05) is 0 Å². The molecule has 0 aromatic heterocycles. The van der Waals surface area contributed by atoms with Gasteiger partial charge in [0, 0.05) is 0 Å². The Balaban J connectivity index is 1.55. The standard InChI is InChI=1S/2C23H30P.C2H7Si.2ClH.2HI.Zr/c2*1-5-18-16-20-10-9-11-22(23(20)17-18)19-12-14-21(15-13-19)24(6-2,7-3)8-4;1-3-2;;;;;/h2*9-17,24H,5-8H2,1-4H3;3H,1-2H3;4*1H;/q;;;;;;;+4/p-4. The van der Waals surface area contributed by atoms with Crippen LogP contribution in [0.3, 0.4) is 0 Å². The normalized spacial score (nSPS) is 19.7. The Hall–Kier alpha value is 0.360. The molecule has 2 aliphatic rings. The zero-order valence-corrected chi connectivity index (χ0v) is 47.1. The van der Waals surface area contributed by atoms with Crippen molar-refractivity contribution in [3.63, 3.8) is 0 Å². The Morgan fingerprint density at radius 2 is 0.839 bits per heavy atom. The third kappa shape index (κ3) is 6.85. The van der Waals surface area contributed by atoms with E-state index in [1.54, 1.807) is 10.6 Å². The Morgan fingerprint density at radius 3 is 1.11 bits per heavy atom. The predicted molar refractivity (Wildman–Crippen MR) is 284 cm³/mol. The van der Waals surface area contributed by atoms with Crippen molar-refractivity contribution in [3.8, 4) is 22.3 Å². The average Bonchev–Trinajstić information content (AvgIpc) is 3.81. The van der Waals surface area contributed by atoms with E-state index >= 15 is 0 Å². The van der Waals surface area contributed by atoms with Crippen LogP contribution in [0.2, 0.25) is 13.1 Å². The first-order valence-electron chi connectivity index (χ1n) is 21.7. The summed E-state index contributed by atoms with van der Waals surface area (Å²) in [7, 11) is 15.5. The number of benzene rings is 4. The fourth-order valence-corrected chi connectivity index (χ4v) is 70.4. The molecule has 0 bridgehead atoms. The monoisotopic (exact) mass is 1150 g/mol. The molecule has 0 aliphatic heterocycles. The van der Waals surface area contributed by atoms with Crippen molar-refractivity contribution in [2.45, 2.75) is 88.6 Å². The summed E-state index contributed by atoms with van der Waals surface area (Å²) in [5.74, 6) is -1.90. The fraction of sp³-hybridized carbons (Fsp3) is 0.417. The van der Waals surface area contributed by atoms with Gasteiger partial charge in [-0.05, 0) is 0 Å². The van der Waals surface area contributed by atoms with Gasteiger partial charge < -0.3 is 0 Å². The number of fused-ring (bicyclic) bond motifs is 2. The van der Waals surface area contributed by atoms with E-state index in [4.69, 9.17) is 0 Å². The van der Waals surface area contributed by atoms with Crippen LogP contribution < -0.4 is 10.6 Å². The molecular formula is C48H67Cl2I2P2SiZr. The van der Waals surface area contributed by atoms with Crippen molar-refractivity contribution in [1.29, 1.82) is 0 Å². The Kier molecular flexibility index (Phi) is 12.8. The van der Waals surface area contributed by atoms with Crippen LogP contribution in [0.25, 0.3) is 34.4 Å². The summed E-state index contributed by atoms with van der Waals surface area (Å²) in [6.45, 7) is 24.0. The quantitative estimate of drug-likeness (QED) is 0.0632. The van der Waals surface area contributed by atoms with Crippen LogP contribution in [0, 0.1) is 0 Å². The van der Waals surface area contributed by atoms with Crippen LogP contribution in [-0.4, -0.2) is 42.9 Å². The number of hydrogen-bond donors (Lipinski definition) is 0.